The second-order valence-electron chi connectivity index (χ2n) is 6.76. The third-order valence-corrected chi connectivity index (χ3v) is 4.31. The highest BCUT2D eigenvalue weighted by molar-refractivity contribution is 5.90. The van der Waals surface area contributed by atoms with E-state index in [4.69, 9.17) is 0 Å². The van der Waals surface area contributed by atoms with E-state index in [0.717, 1.165) is 25.7 Å². The van der Waals surface area contributed by atoms with Crippen LogP contribution in [0.3, 0.4) is 0 Å². The molecule has 1 aromatic rings. The predicted octanol–water partition coefficient (Wildman–Crippen LogP) is 2.97. The highest BCUT2D eigenvalue weighted by Gasteiger charge is 2.25. The molecule has 0 aliphatic heterocycles. The molecule has 0 heterocycles. The van der Waals surface area contributed by atoms with Gasteiger partial charge in [0, 0.05) is 13.3 Å². The Morgan fingerprint density at radius 3 is 2.29 bits per heavy atom. The molecule has 1 rings (SSSR count). The van der Waals surface area contributed by atoms with Gasteiger partial charge in [0.2, 0.25) is 11.8 Å². The van der Waals surface area contributed by atoms with Crippen molar-refractivity contribution in [3.63, 3.8) is 0 Å². The fraction of sp³-hybridized carbons (Fsp3) is 0.476. The van der Waals surface area contributed by atoms with E-state index in [1.54, 1.807) is 0 Å². The number of aliphatic carboxylic acids is 1. The number of unbranched alkanes of at least 4 members (excludes halogenated alkanes) is 4. The molecule has 1 aromatic carbocycles. The summed E-state index contributed by atoms with van der Waals surface area (Å²) in [6, 6.07) is 3.63. The Kier molecular flexibility index (Phi) is 10.5. The van der Waals surface area contributed by atoms with Crippen molar-refractivity contribution in [2.24, 2.45) is 0 Å². The summed E-state index contributed by atoms with van der Waals surface area (Å²) < 4.78 is 13.1. The lowest BCUT2D eigenvalue weighted by atomic mass is 10.0. The van der Waals surface area contributed by atoms with Crippen LogP contribution in [0.5, 0.6) is 0 Å². The van der Waals surface area contributed by atoms with Crippen LogP contribution in [0.25, 0.3) is 0 Å². The molecule has 2 amide bonds. The minimum Gasteiger partial charge on any atom is -0.480 e. The first-order valence-electron chi connectivity index (χ1n) is 9.49. The monoisotopic (exact) mass is 392 g/mol. The van der Waals surface area contributed by atoms with Crippen molar-refractivity contribution in [3.8, 4) is 0 Å². The quantitative estimate of drug-likeness (QED) is 0.355. The maximum Gasteiger partial charge on any atom is 0.326 e. The van der Waals surface area contributed by atoms with Gasteiger partial charge in [0.05, 0.1) is 0 Å². The number of hydrogen-bond donors (Lipinski definition) is 3. The molecule has 6 nitrogen and oxygen atoms in total. The van der Waals surface area contributed by atoms with E-state index in [9.17, 15) is 23.9 Å². The van der Waals surface area contributed by atoms with E-state index >= 15 is 0 Å². The van der Waals surface area contributed by atoms with E-state index in [1.807, 2.05) is 6.08 Å². The van der Waals surface area contributed by atoms with Crippen molar-refractivity contribution in [3.05, 3.63) is 48.3 Å². The number of benzene rings is 1. The van der Waals surface area contributed by atoms with Crippen LogP contribution in [0, 0.1) is 5.82 Å². The van der Waals surface area contributed by atoms with E-state index < -0.39 is 35.7 Å². The molecular formula is C21H29FN2O4. The maximum atomic E-state index is 13.1. The Hall–Kier alpha value is -2.70. The summed E-state index contributed by atoms with van der Waals surface area (Å²) >= 11 is 0. The average molecular weight is 392 g/mol. The predicted molar refractivity (Wildman–Crippen MR) is 105 cm³/mol. The normalized spacial score (nSPS) is 12.6. The number of carbonyl (C=O) groups excluding carboxylic acids is 2. The van der Waals surface area contributed by atoms with Crippen molar-refractivity contribution in [2.75, 3.05) is 0 Å². The second-order valence-corrected chi connectivity index (χ2v) is 6.76. The number of amides is 2. The van der Waals surface area contributed by atoms with Gasteiger partial charge in [-0.25, -0.2) is 9.18 Å². The number of halogens is 1. The van der Waals surface area contributed by atoms with E-state index in [-0.39, 0.29) is 6.42 Å². The van der Waals surface area contributed by atoms with Crippen molar-refractivity contribution in [2.45, 2.75) is 64.0 Å². The van der Waals surface area contributed by atoms with Crippen LogP contribution < -0.4 is 10.6 Å². The van der Waals surface area contributed by atoms with Gasteiger partial charge in [-0.15, -0.1) is 6.58 Å². The molecule has 0 radical (unpaired) electrons. The largest absolute Gasteiger partial charge is 0.480 e. The molecule has 3 N–H and O–H groups in total. The molecule has 7 heteroatoms. The number of carbonyl (C=O) groups is 3. The van der Waals surface area contributed by atoms with Crippen molar-refractivity contribution < 1.29 is 23.9 Å². The van der Waals surface area contributed by atoms with Gasteiger partial charge < -0.3 is 15.7 Å². The number of carboxylic acids is 1. The van der Waals surface area contributed by atoms with Crippen LogP contribution in [0.4, 0.5) is 4.39 Å². The molecule has 0 saturated carbocycles. The first kappa shape index (κ1) is 23.3. The number of hydrogen-bond acceptors (Lipinski definition) is 3. The fourth-order valence-corrected chi connectivity index (χ4v) is 2.83. The summed E-state index contributed by atoms with van der Waals surface area (Å²) in [5.41, 5.74) is 0.657. The Morgan fingerprint density at radius 1 is 1.07 bits per heavy atom. The van der Waals surface area contributed by atoms with Gasteiger partial charge in [-0.2, -0.15) is 0 Å². The van der Waals surface area contributed by atoms with E-state index in [2.05, 4.69) is 17.2 Å². The highest BCUT2D eigenvalue weighted by Crippen LogP contribution is 2.10. The first-order valence-corrected chi connectivity index (χ1v) is 9.49. The molecule has 0 aliphatic rings. The third kappa shape index (κ3) is 9.30. The third-order valence-electron chi connectivity index (χ3n) is 4.31. The highest BCUT2D eigenvalue weighted by atomic mass is 19.1. The molecule has 0 saturated heterocycles. The SMILES string of the molecule is C=CCCCCCC[C@H](NC(=O)[C@@H](Cc1ccc(F)cc1)NC(C)=O)C(=O)O. The lowest BCUT2D eigenvalue weighted by Gasteiger charge is -2.21. The lowest BCUT2D eigenvalue weighted by Crippen LogP contribution is -2.52. The van der Waals surface area contributed by atoms with E-state index in [0.29, 0.717) is 18.4 Å². The fourth-order valence-electron chi connectivity index (χ4n) is 2.83. The smallest absolute Gasteiger partial charge is 0.326 e. The maximum absolute atomic E-state index is 13.1. The van der Waals surface area contributed by atoms with Crippen molar-refractivity contribution in [1.82, 2.24) is 10.6 Å². The molecular weight excluding hydrogens is 363 g/mol. The van der Waals surface area contributed by atoms with Crippen molar-refractivity contribution in [1.29, 1.82) is 0 Å². The van der Waals surface area contributed by atoms with Gasteiger partial charge in [-0.1, -0.05) is 37.5 Å². The molecule has 154 valence electrons. The molecule has 0 spiro atoms. The molecule has 0 bridgehead atoms. The van der Waals surface area contributed by atoms with Gasteiger partial charge >= 0.3 is 5.97 Å². The summed E-state index contributed by atoms with van der Waals surface area (Å²) in [5.74, 6) is -2.49. The summed E-state index contributed by atoms with van der Waals surface area (Å²) in [4.78, 5) is 35.5. The zero-order chi connectivity index (χ0) is 20.9. The Balaban J connectivity index is 2.65. The van der Waals surface area contributed by atoms with Gasteiger partial charge in [0.15, 0.2) is 0 Å². The van der Waals surface area contributed by atoms with Crippen LogP contribution in [0.2, 0.25) is 0 Å². The topological polar surface area (TPSA) is 95.5 Å². The molecule has 2 atom stereocenters. The summed E-state index contributed by atoms with van der Waals surface area (Å²) in [6.45, 7) is 4.94. The molecule has 0 fully saturated rings. The minimum absolute atomic E-state index is 0.138. The summed E-state index contributed by atoms with van der Waals surface area (Å²) in [7, 11) is 0. The average Bonchev–Trinajstić information content (AvgIpc) is 2.64. The number of nitrogens with one attached hydrogen (secondary N) is 2. The van der Waals surface area contributed by atoms with Crippen molar-refractivity contribution >= 4 is 17.8 Å². The zero-order valence-electron chi connectivity index (χ0n) is 16.2. The number of carboxylic acid groups (broad SMARTS) is 1. The summed E-state index contributed by atoms with van der Waals surface area (Å²) in [5, 5.41) is 14.4. The Bertz CT molecular complexity index is 661. The molecule has 28 heavy (non-hydrogen) atoms. The standard InChI is InChI=1S/C21H29FN2O4/c1-3-4-5-6-7-8-9-18(21(27)28)24-20(26)19(23-15(2)25)14-16-10-12-17(22)13-11-16/h3,10-13,18-19H,1,4-9,14H2,2H3,(H,23,25)(H,24,26)(H,27,28)/t18-,19+/m0/s1. The van der Waals surface area contributed by atoms with Gasteiger partial charge in [0.25, 0.3) is 0 Å². The summed E-state index contributed by atoms with van der Waals surface area (Å²) in [6.07, 6.45) is 6.78. The number of allylic oxidation sites excluding steroid dienone is 1. The van der Waals surface area contributed by atoms with Crippen LogP contribution in [0.1, 0.15) is 51.0 Å². The van der Waals surface area contributed by atoms with Gasteiger partial charge in [0.1, 0.15) is 17.9 Å². The van der Waals surface area contributed by atoms with Crippen LogP contribution >= 0.6 is 0 Å². The van der Waals surface area contributed by atoms with E-state index in [1.165, 1.54) is 31.2 Å². The molecule has 0 aliphatic carbocycles. The number of rotatable bonds is 13. The molecule has 0 unspecified atom stereocenters. The van der Waals surface area contributed by atoms with Crippen LogP contribution in [0.15, 0.2) is 36.9 Å². The first-order chi connectivity index (χ1) is 13.3. The van der Waals surface area contributed by atoms with Crippen LogP contribution in [-0.2, 0) is 20.8 Å². The Labute approximate surface area is 165 Å². The van der Waals surface area contributed by atoms with Gasteiger partial charge in [-0.3, -0.25) is 9.59 Å². The Morgan fingerprint density at radius 2 is 1.71 bits per heavy atom. The second kappa shape index (κ2) is 12.6. The zero-order valence-corrected chi connectivity index (χ0v) is 16.2. The van der Waals surface area contributed by atoms with Crippen LogP contribution in [-0.4, -0.2) is 35.0 Å². The minimum atomic E-state index is -1.11. The lowest BCUT2D eigenvalue weighted by molar-refractivity contribution is -0.142. The molecule has 0 aromatic heterocycles. The van der Waals surface area contributed by atoms with Gasteiger partial charge in [-0.05, 0) is 37.0 Å².